The number of halogens is 2. The Balaban J connectivity index is 1.56. The van der Waals surface area contributed by atoms with Crippen molar-refractivity contribution in [3.63, 3.8) is 0 Å². The van der Waals surface area contributed by atoms with Gasteiger partial charge in [0, 0.05) is 24.0 Å². The summed E-state index contributed by atoms with van der Waals surface area (Å²) in [5, 5.41) is 0.945. The van der Waals surface area contributed by atoms with Crippen molar-refractivity contribution in [3.8, 4) is 11.5 Å². The standard InChI is InChI=1S/C21H20Cl2N2O3/c1-2-16-12-26-21(28-16,13-25-10-9-24-14-25)15-3-5-17(6-4-15)27-18-7-8-19(22)20(23)11-18/h3-11,14,16H,2,12-13H2,1H3. The lowest BCUT2D eigenvalue weighted by Crippen LogP contribution is -2.33. The SMILES string of the molecule is CCC1COC(Cn2ccnc2)(c2ccc(Oc3ccc(Cl)c(Cl)c3)cc2)O1. The fourth-order valence-corrected chi connectivity index (χ4v) is 3.45. The van der Waals surface area contributed by atoms with Crippen LogP contribution in [0.15, 0.2) is 61.2 Å². The van der Waals surface area contributed by atoms with Crippen LogP contribution in [0.4, 0.5) is 0 Å². The van der Waals surface area contributed by atoms with Gasteiger partial charge in [0.05, 0.1) is 35.6 Å². The van der Waals surface area contributed by atoms with E-state index in [2.05, 4.69) is 11.9 Å². The van der Waals surface area contributed by atoms with Crippen LogP contribution in [-0.2, 0) is 21.8 Å². The predicted octanol–water partition coefficient (Wildman–Crippen LogP) is 5.66. The molecule has 2 unspecified atom stereocenters. The molecule has 1 aliphatic heterocycles. The smallest absolute Gasteiger partial charge is 0.213 e. The first-order valence-electron chi connectivity index (χ1n) is 9.09. The number of hydrogen-bond acceptors (Lipinski definition) is 4. The molecule has 1 fully saturated rings. The van der Waals surface area contributed by atoms with Crippen molar-refractivity contribution in [1.29, 1.82) is 0 Å². The van der Waals surface area contributed by atoms with Crippen LogP contribution < -0.4 is 4.74 Å². The lowest BCUT2D eigenvalue weighted by molar-refractivity contribution is -0.187. The molecule has 1 saturated heterocycles. The van der Waals surface area contributed by atoms with Gasteiger partial charge in [0.1, 0.15) is 11.5 Å². The fraction of sp³-hybridized carbons (Fsp3) is 0.286. The number of ether oxygens (including phenoxy) is 3. The molecule has 0 aliphatic carbocycles. The molecule has 0 amide bonds. The Morgan fingerprint density at radius 2 is 1.93 bits per heavy atom. The van der Waals surface area contributed by atoms with Crippen molar-refractivity contribution in [2.45, 2.75) is 31.8 Å². The Morgan fingerprint density at radius 3 is 2.57 bits per heavy atom. The quantitative estimate of drug-likeness (QED) is 0.517. The third-order valence-corrected chi connectivity index (χ3v) is 5.42. The van der Waals surface area contributed by atoms with Crippen LogP contribution in [0.3, 0.4) is 0 Å². The predicted molar refractivity (Wildman–Crippen MR) is 108 cm³/mol. The number of hydrogen-bond donors (Lipinski definition) is 0. The summed E-state index contributed by atoms with van der Waals surface area (Å²) in [6, 6.07) is 12.9. The maximum Gasteiger partial charge on any atom is 0.213 e. The maximum absolute atomic E-state index is 6.30. The van der Waals surface area contributed by atoms with Gasteiger partial charge in [0.2, 0.25) is 5.79 Å². The molecule has 0 bridgehead atoms. The molecule has 7 heteroatoms. The normalized spacial score (nSPS) is 21.8. The molecule has 0 N–H and O–H groups in total. The van der Waals surface area contributed by atoms with E-state index < -0.39 is 5.79 Å². The molecular weight excluding hydrogens is 399 g/mol. The minimum absolute atomic E-state index is 0.0654. The van der Waals surface area contributed by atoms with Crippen molar-refractivity contribution >= 4 is 23.2 Å². The van der Waals surface area contributed by atoms with Crippen LogP contribution in [0.1, 0.15) is 18.9 Å². The van der Waals surface area contributed by atoms with Crippen LogP contribution in [0, 0.1) is 0 Å². The van der Waals surface area contributed by atoms with Gasteiger partial charge in [-0.15, -0.1) is 0 Å². The molecule has 2 heterocycles. The molecule has 2 atom stereocenters. The fourth-order valence-electron chi connectivity index (χ4n) is 3.17. The number of benzene rings is 2. The average molecular weight is 419 g/mol. The first kappa shape index (κ1) is 19.3. The lowest BCUT2D eigenvalue weighted by atomic mass is 10.1. The minimum Gasteiger partial charge on any atom is -0.457 e. The number of aromatic nitrogens is 2. The van der Waals surface area contributed by atoms with Crippen molar-refractivity contribution in [3.05, 3.63) is 76.8 Å². The van der Waals surface area contributed by atoms with Gasteiger partial charge in [-0.1, -0.05) is 30.1 Å². The van der Waals surface area contributed by atoms with Crippen LogP contribution in [0.2, 0.25) is 10.0 Å². The summed E-state index contributed by atoms with van der Waals surface area (Å²) >= 11 is 12.0. The highest BCUT2D eigenvalue weighted by atomic mass is 35.5. The van der Waals surface area contributed by atoms with Gasteiger partial charge >= 0.3 is 0 Å². The van der Waals surface area contributed by atoms with Gasteiger partial charge in [0.25, 0.3) is 0 Å². The Kier molecular flexibility index (Phi) is 5.60. The second kappa shape index (κ2) is 8.13. The van der Waals surface area contributed by atoms with E-state index in [1.165, 1.54) is 0 Å². The Labute approximate surface area is 173 Å². The van der Waals surface area contributed by atoms with E-state index in [9.17, 15) is 0 Å². The first-order chi connectivity index (χ1) is 13.6. The molecule has 1 aromatic heterocycles. The molecule has 1 aliphatic rings. The summed E-state index contributed by atoms with van der Waals surface area (Å²) in [5.41, 5.74) is 0.929. The summed E-state index contributed by atoms with van der Waals surface area (Å²) in [6.45, 7) is 3.18. The maximum atomic E-state index is 6.30. The molecule has 146 valence electrons. The van der Waals surface area contributed by atoms with Gasteiger partial charge < -0.3 is 18.8 Å². The highest BCUT2D eigenvalue weighted by molar-refractivity contribution is 6.42. The van der Waals surface area contributed by atoms with Gasteiger partial charge in [-0.05, 0) is 42.8 Å². The van der Waals surface area contributed by atoms with Crippen molar-refractivity contribution in [2.24, 2.45) is 0 Å². The van der Waals surface area contributed by atoms with Gasteiger partial charge in [0.15, 0.2) is 0 Å². The zero-order valence-corrected chi connectivity index (χ0v) is 16.9. The van der Waals surface area contributed by atoms with Crippen LogP contribution in [0.5, 0.6) is 11.5 Å². The molecule has 4 rings (SSSR count). The van der Waals surface area contributed by atoms with Crippen LogP contribution >= 0.6 is 23.2 Å². The molecule has 0 spiro atoms. The average Bonchev–Trinajstić information content (AvgIpc) is 3.36. The zero-order valence-electron chi connectivity index (χ0n) is 15.3. The van der Waals surface area contributed by atoms with Crippen molar-refractivity contribution in [1.82, 2.24) is 9.55 Å². The van der Waals surface area contributed by atoms with E-state index in [-0.39, 0.29) is 6.10 Å². The molecule has 28 heavy (non-hydrogen) atoms. The first-order valence-corrected chi connectivity index (χ1v) is 9.84. The van der Waals surface area contributed by atoms with E-state index >= 15 is 0 Å². The molecule has 2 aromatic carbocycles. The minimum atomic E-state index is -0.844. The number of imidazole rings is 1. The van der Waals surface area contributed by atoms with Crippen molar-refractivity contribution < 1.29 is 14.2 Å². The molecule has 5 nitrogen and oxygen atoms in total. The number of rotatable bonds is 6. The van der Waals surface area contributed by atoms with Gasteiger partial charge in [-0.3, -0.25) is 0 Å². The topological polar surface area (TPSA) is 45.5 Å². The largest absolute Gasteiger partial charge is 0.457 e. The van der Waals surface area contributed by atoms with Gasteiger partial charge in [-0.25, -0.2) is 4.98 Å². The van der Waals surface area contributed by atoms with E-state index in [0.717, 1.165) is 12.0 Å². The summed E-state index contributed by atoms with van der Waals surface area (Å²) in [7, 11) is 0. The summed E-state index contributed by atoms with van der Waals surface area (Å²) in [4.78, 5) is 4.11. The summed E-state index contributed by atoms with van der Waals surface area (Å²) in [5.74, 6) is 0.461. The molecule has 0 saturated carbocycles. The zero-order chi connectivity index (χ0) is 19.6. The monoisotopic (exact) mass is 418 g/mol. The third-order valence-electron chi connectivity index (χ3n) is 4.69. The Hall–Kier alpha value is -2.05. The highest BCUT2D eigenvalue weighted by Crippen LogP contribution is 2.38. The highest BCUT2D eigenvalue weighted by Gasteiger charge is 2.43. The third kappa shape index (κ3) is 4.03. The second-order valence-electron chi connectivity index (χ2n) is 6.65. The second-order valence-corrected chi connectivity index (χ2v) is 7.46. The van der Waals surface area contributed by atoms with Crippen LogP contribution in [0.25, 0.3) is 0 Å². The van der Waals surface area contributed by atoms with E-state index in [0.29, 0.717) is 34.7 Å². The Bertz CT molecular complexity index is 931. The Morgan fingerprint density at radius 1 is 1.14 bits per heavy atom. The molecular formula is C21H20Cl2N2O3. The van der Waals surface area contributed by atoms with Gasteiger partial charge in [-0.2, -0.15) is 0 Å². The summed E-state index contributed by atoms with van der Waals surface area (Å²) < 4.78 is 20.3. The molecule has 3 aromatic rings. The molecule has 0 radical (unpaired) electrons. The lowest BCUT2D eigenvalue weighted by Gasteiger charge is -2.29. The van der Waals surface area contributed by atoms with E-state index in [1.807, 2.05) is 35.0 Å². The van der Waals surface area contributed by atoms with Crippen LogP contribution in [-0.4, -0.2) is 22.3 Å². The summed E-state index contributed by atoms with van der Waals surface area (Å²) in [6.07, 6.45) is 6.36. The van der Waals surface area contributed by atoms with Crippen molar-refractivity contribution in [2.75, 3.05) is 6.61 Å². The van der Waals surface area contributed by atoms with E-state index in [4.69, 9.17) is 37.4 Å². The van der Waals surface area contributed by atoms with E-state index in [1.54, 1.807) is 30.7 Å². The number of nitrogens with zero attached hydrogens (tertiary/aromatic N) is 2.